The molecule has 6 heteroatoms. The molecule has 0 saturated heterocycles. The Morgan fingerprint density at radius 3 is 2.39 bits per heavy atom. The van der Waals surface area contributed by atoms with Gasteiger partial charge in [0, 0.05) is 12.5 Å². The Bertz CT molecular complexity index is 797. The zero-order chi connectivity index (χ0) is 19.1. The lowest BCUT2D eigenvalue weighted by Gasteiger charge is -2.56. The average Bonchev–Trinajstić information content (AvgIpc) is 3.11. The number of fused-ring (bicyclic) bond motifs is 1. The van der Waals surface area contributed by atoms with Gasteiger partial charge in [-0.05, 0) is 85.5 Å². The molecule has 1 aromatic rings. The monoisotopic (exact) mass is 382 g/mol. The van der Waals surface area contributed by atoms with Crippen LogP contribution in [0.3, 0.4) is 0 Å². The Hall–Kier alpha value is -2.50. The molecule has 4 fully saturated rings. The summed E-state index contributed by atoms with van der Waals surface area (Å²) < 4.78 is 10.6. The smallest absolute Gasteiger partial charge is 0.262 e. The van der Waals surface area contributed by atoms with E-state index < -0.39 is 0 Å². The fraction of sp³-hybridized carbons (Fsp3) is 0.545. The van der Waals surface area contributed by atoms with Crippen LogP contribution in [0.15, 0.2) is 24.3 Å². The minimum absolute atomic E-state index is 0.0771. The van der Waals surface area contributed by atoms with Crippen molar-refractivity contribution < 1.29 is 19.1 Å². The lowest BCUT2D eigenvalue weighted by molar-refractivity contribution is -0.133. The Labute approximate surface area is 164 Å². The molecule has 28 heavy (non-hydrogen) atoms. The molecule has 0 unspecified atom stereocenters. The molecule has 2 N–H and O–H groups in total. The first-order chi connectivity index (χ1) is 13.6. The summed E-state index contributed by atoms with van der Waals surface area (Å²) in [6.45, 7) is 0.221. The summed E-state index contributed by atoms with van der Waals surface area (Å²) in [5.74, 6) is 3.41. The maximum Gasteiger partial charge on any atom is 0.262 e. The number of nitrogens with one attached hydrogen (secondary N) is 2. The fourth-order valence-electron chi connectivity index (χ4n) is 6.25. The van der Waals surface area contributed by atoms with E-state index in [1.54, 1.807) is 6.08 Å². The van der Waals surface area contributed by atoms with E-state index >= 15 is 0 Å². The van der Waals surface area contributed by atoms with E-state index in [0.29, 0.717) is 17.9 Å². The van der Waals surface area contributed by atoms with Gasteiger partial charge in [0.25, 0.3) is 5.91 Å². The van der Waals surface area contributed by atoms with Crippen LogP contribution in [-0.2, 0) is 9.59 Å². The van der Waals surface area contributed by atoms with Crippen LogP contribution in [0.5, 0.6) is 11.5 Å². The number of amides is 2. The first-order valence-corrected chi connectivity index (χ1v) is 10.2. The highest BCUT2D eigenvalue weighted by atomic mass is 16.7. The average molecular weight is 382 g/mol. The van der Waals surface area contributed by atoms with Crippen molar-refractivity contribution in [2.24, 2.45) is 23.2 Å². The second kappa shape index (κ2) is 6.83. The van der Waals surface area contributed by atoms with Crippen LogP contribution in [0.1, 0.15) is 50.5 Å². The summed E-state index contributed by atoms with van der Waals surface area (Å²) in [6, 6.07) is 5.48. The summed E-state index contributed by atoms with van der Waals surface area (Å²) in [7, 11) is 0. The van der Waals surface area contributed by atoms with Crippen LogP contribution >= 0.6 is 0 Å². The molecule has 1 heterocycles. The van der Waals surface area contributed by atoms with Gasteiger partial charge < -0.3 is 9.47 Å². The van der Waals surface area contributed by atoms with Crippen LogP contribution in [0.2, 0.25) is 0 Å². The second-order valence-electron chi connectivity index (χ2n) is 9.08. The highest BCUT2D eigenvalue weighted by molar-refractivity contribution is 5.93. The summed E-state index contributed by atoms with van der Waals surface area (Å²) in [4.78, 5) is 24.5. The Morgan fingerprint density at radius 2 is 1.68 bits per heavy atom. The first-order valence-electron chi connectivity index (χ1n) is 10.2. The molecule has 0 radical (unpaired) electrons. The normalized spacial score (nSPS) is 31.9. The molecule has 1 aromatic carbocycles. The molecule has 2 amide bonds. The summed E-state index contributed by atoms with van der Waals surface area (Å²) in [5.41, 5.74) is 6.11. The third-order valence-corrected chi connectivity index (χ3v) is 6.85. The van der Waals surface area contributed by atoms with Gasteiger partial charge >= 0.3 is 0 Å². The number of rotatable bonds is 4. The van der Waals surface area contributed by atoms with Crippen molar-refractivity contribution in [2.45, 2.75) is 44.9 Å². The van der Waals surface area contributed by atoms with Gasteiger partial charge in [-0.15, -0.1) is 0 Å². The van der Waals surface area contributed by atoms with E-state index in [0.717, 1.165) is 23.3 Å². The third kappa shape index (κ3) is 3.48. The lowest BCUT2D eigenvalue weighted by Crippen LogP contribution is -2.49. The minimum Gasteiger partial charge on any atom is -0.454 e. The van der Waals surface area contributed by atoms with E-state index in [1.807, 2.05) is 18.2 Å². The van der Waals surface area contributed by atoms with Crippen molar-refractivity contribution in [3.05, 3.63) is 29.8 Å². The van der Waals surface area contributed by atoms with Gasteiger partial charge in [0.15, 0.2) is 11.5 Å². The number of carbonyl (C=O) groups is 2. The van der Waals surface area contributed by atoms with E-state index in [9.17, 15) is 9.59 Å². The van der Waals surface area contributed by atoms with Crippen molar-refractivity contribution in [2.75, 3.05) is 6.79 Å². The molecule has 4 bridgehead atoms. The van der Waals surface area contributed by atoms with E-state index in [4.69, 9.17) is 9.47 Å². The number of hydrogen-bond acceptors (Lipinski definition) is 4. The van der Waals surface area contributed by atoms with Gasteiger partial charge in [0.1, 0.15) is 0 Å². The first kappa shape index (κ1) is 17.6. The van der Waals surface area contributed by atoms with E-state index in [-0.39, 0.29) is 24.0 Å². The quantitative estimate of drug-likeness (QED) is 0.619. The predicted octanol–water partition coefficient (Wildman–Crippen LogP) is 3.18. The molecule has 5 aliphatic rings. The molecule has 6 nitrogen and oxygen atoms in total. The molecule has 148 valence electrons. The molecular formula is C22H26N2O4. The van der Waals surface area contributed by atoms with Gasteiger partial charge in [0.05, 0.1) is 0 Å². The zero-order valence-electron chi connectivity index (χ0n) is 15.9. The van der Waals surface area contributed by atoms with E-state index in [1.165, 1.54) is 44.6 Å². The van der Waals surface area contributed by atoms with Crippen LogP contribution in [0.25, 0.3) is 6.08 Å². The Balaban J connectivity index is 1.12. The van der Waals surface area contributed by atoms with Gasteiger partial charge in [0.2, 0.25) is 12.7 Å². The minimum atomic E-state index is -0.350. The molecule has 0 atom stereocenters. The van der Waals surface area contributed by atoms with Crippen molar-refractivity contribution in [3.8, 4) is 11.5 Å². The van der Waals surface area contributed by atoms with Crippen molar-refractivity contribution in [1.29, 1.82) is 0 Å². The highest BCUT2D eigenvalue weighted by Crippen LogP contribution is 2.61. The molecule has 4 saturated carbocycles. The largest absolute Gasteiger partial charge is 0.454 e. The summed E-state index contributed by atoms with van der Waals surface area (Å²) >= 11 is 0. The number of hydrogen-bond donors (Lipinski definition) is 2. The van der Waals surface area contributed by atoms with Crippen LogP contribution < -0.4 is 20.3 Å². The number of hydrazine groups is 1. The summed E-state index contributed by atoms with van der Waals surface area (Å²) in [5, 5.41) is 0. The maximum atomic E-state index is 12.5. The van der Waals surface area contributed by atoms with Crippen LogP contribution in [0.4, 0.5) is 0 Å². The number of carbonyl (C=O) groups excluding carboxylic acids is 2. The SMILES string of the molecule is O=C(C=Cc1ccc2c(c1)OCO2)NNC(=O)CC12CC3CC(CC(C3)C1)C2. The highest BCUT2D eigenvalue weighted by Gasteiger charge is 2.51. The maximum absolute atomic E-state index is 12.5. The Kier molecular flexibility index (Phi) is 4.29. The molecule has 0 aromatic heterocycles. The lowest BCUT2D eigenvalue weighted by atomic mass is 9.49. The fourth-order valence-corrected chi connectivity index (χ4v) is 6.25. The number of benzene rings is 1. The van der Waals surface area contributed by atoms with E-state index in [2.05, 4.69) is 10.9 Å². The topological polar surface area (TPSA) is 76.7 Å². The predicted molar refractivity (Wildman–Crippen MR) is 103 cm³/mol. The Morgan fingerprint density at radius 1 is 1.00 bits per heavy atom. The number of ether oxygens (including phenoxy) is 2. The molecule has 4 aliphatic carbocycles. The molecule has 6 rings (SSSR count). The second-order valence-corrected chi connectivity index (χ2v) is 9.08. The van der Waals surface area contributed by atoms with Crippen molar-refractivity contribution in [1.82, 2.24) is 10.9 Å². The molecular weight excluding hydrogens is 356 g/mol. The molecule has 0 spiro atoms. The summed E-state index contributed by atoms with van der Waals surface area (Å²) in [6.07, 6.45) is 11.3. The molecule has 1 aliphatic heterocycles. The van der Waals surface area contributed by atoms with Gasteiger partial charge in [-0.1, -0.05) is 6.07 Å². The zero-order valence-corrected chi connectivity index (χ0v) is 15.9. The van der Waals surface area contributed by atoms with Gasteiger partial charge in [-0.3, -0.25) is 20.4 Å². The van der Waals surface area contributed by atoms with Crippen molar-refractivity contribution >= 4 is 17.9 Å². The van der Waals surface area contributed by atoms with Gasteiger partial charge in [-0.25, -0.2) is 0 Å². The standard InChI is InChI=1S/C22H26N2O4/c25-20(4-2-14-1-3-18-19(8-14)28-13-27-18)23-24-21(26)12-22-9-15-5-16(10-22)7-17(6-15)11-22/h1-4,8,15-17H,5-7,9-13H2,(H,23,25)(H,24,26). The third-order valence-electron chi connectivity index (χ3n) is 6.85. The van der Waals surface area contributed by atoms with Gasteiger partial charge in [-0.2, -0.15) is 0 Å². The van der Waals surface area contributed by atoms with Crippen LogP contribution in [0, 0.1) is 23.2 Å². The van der Waals surface area contributed by atoms with Crippen molar-refractivity contribution in [3.63, 3.8) is 0 Å². The van der Waals surface area contributed by atoms with Crippen LogP contribution in [-0.4, -0.2) is 18.6 Å².